The molecule has 0 aromatic carbocycles. The van der Waals surface area contributed by atoms with Crippen molar-refractivity contribution in [2.45, 2.75) is 69.5 Å². The van der Waals surface area contributed by atoms with Gasteiger partial charge < -0.3 is 26.6 Å². The second kappa shape index (κ2) is 11.8. The number of aliphatic hydroxyl groups is 1. The third kappa shape index (κ3) is 6.80. The Morgan fingerprint density at radius 3 is 2.66 bits per heavy atom. The van der Waals surface area contributed by atoms with Crippen molar-refractivity contribution in [2.24, 2.45) is 17.4 Å². The minimum atomic E-state index is -0.996. The maximum absolute atomic E-state index is 13.4. The first-order chi connectivity index (χ1) is 15.3. The predicted octanol–water partition coefficient (Wildman–Crippen LogP) is 0.247. The molecule has 32 heavy (non-hydrogen) atoms. The van der Waals surface area contributed by atoms with Gasteiger partial charge in [-0.2, -0.15) is 0 Å². The molecule has 1 aromatic rings. The minimum Gasteiger partial charge on any atom is -0.480 e. The Bertz CT molecular complexity index is 795. The number of carbonyl (C=O) groups is 2. The second-order valence-electron chi connectivity index (χ2n) is 8.49. The molecule has 3 atom stereocenters. The van der Waals surface area contributed by atoms with Gasteiger partial charge in [-0.25, -0.2) is 4.98 Å². The van der Waals surface area contributed by atoms with E-state index in [-0.39, 0.29) is 12.5 Å². The summed E-state index contributed by atoms with van der Waals surface area (Å²) in [5, 5.41) is 28.3. The predicted molar refractivity (Wildman–Crippen MR) is 121 cm³/mol. The van der Waals surface area contributed by atoms with Crippen LogP contribution in [0.25, 0.3) is 0 Å². The molecule has 0 spiro atoms. The van der Waals surface area contributed by atoms with Crippen molar-refractivity contribution in [1.82, 2.24) is 20.5 Å². The van der Waals surface area contributed by atoms with E-state index >= 15 is 0 Å². The van der Waals surface area contributed by atoms with E-state index in [1.165, 1.54) is 17.8 Å². The zero-order valence-electron chi connectivity index (χ0n) is 18.2. The average molecular weight is 467 g/mol. The molecule has 8 N–H and O–H groups in total. The van der Waals surface area contributed by atoms with Crippen molar-refractivity contribution in [2.75, 3.05) is 13.1 Å². The van der Waals surface area contributed by atoms with E-state index in [1.807, 2.05) is 6.08 Å². The van der Waals surface area contributed by atoms with E-state index in [2.05, 4.69) is 15.6 Å². The van der Waals surface area contributed by atoms with E-state index in [9.17, 15) is 14.7 Å². The minimum absolute atomic E-state index is 0.182. The summed E-state index contributed by atoms with van der Waals surface area (Å²) >= 11 is 1.39. The van der Waals surface area contributed by atoms with Crippen molar-refractivity contribution >= 4 is 23.2 Å². The normalized spacial score (nSPS) is 21.2. The van der Waals surface area contributed by atoms with E-state index in [0.717, 1.165) is 30.7 Å². The molecule has 0 saturated heterocycles. The highest BCUT2D eigenvalue weighted by molar-refractivity contribution is 7.09. The van der Waals surface area contributed by atoms with Crippen LogP contribution >= 0.6 is 11.3 Å². The smallest absolute Gasteiger partial charge is 0.317 e. The maximum Gasteiger partial charge on any atom is 0.317 e. The molecule has 1 fully saturated rings. The Kier molecular flexibility index (Phi) is 9.14. The van der Waals surface area contributed by atoms with E-state index in [1.54, 1.807) is 16.4 Å². The first-order valence-electron chi connectivity index (χ1n) is 11.1. The summed E-state index contributed by atoms with van der Waals surface area (Å²) in [6.07, 6.45) is 8.25. The molecule has 1 aliphatic heterocycles. The molecule has 0 bridgehead atoms. The zero-order valence-corrected chi connectivity index (χ0v) is 19.0. The lowest BCUT2D eigenvalue weighted by atomic mass is 9.84. The SMILES string of the molecule is NC(N)c1csc(CNC(O)C2C=CCN2C(=O)[C@H](CC2CCCCC2)NCC(=O)O)n1. The van der Waals surface area contributed by atoms with Gasteiger partial charge in [0.25, 0.3) is 0 Å². The Hall–Kier alpha value is -1.89. The van der Waals surface area contributed by atoms with Crippen molar-refractivity contribution in [1.29, 1.82) is 0 Å². The number of aromatic nitrogens is 1. The number of nitrogens with one attached hydrogen (secondary N) is 2. The molecule has 1 aliphatic carbocycles. The number of hydrogen-bond acceptors (Lipinski definition) is 9. The van der Waals surface area contributed by atoms with E-state index in [0.29, 0.717) is 31.1 Å². The summed E-state index contributed by atoms with van der Waals surface area (Å²) in [7, 11) is 0. The number of carbonyl (C=O) groups excluding carboxylic acids is 1. The van der Waals surface area contributed by atoms with Gasteiger partial charge in [-0.3, -0.25) is 20.2 Å². The third-order valence-electron chi connectivity index (χ3n) is 6.07. The van der Waals surface area contributed by atoms with Gasteiger partial charge in [0, 0.05) is 18.5 Å². The zero-order chi connectivity index (χ0) is 23.1. The third-order valence-corrected chi connectivity index (χ3v) is 6.93. The monoisotopic (exact) mass is 466 g/mol. The fraction of sp³-hybridized carbons (Fsp3) is 0.667. The molecular formula is C21H34N6O4S. The van der Waals surface area contributed by atoms with Gasteiger partial charge in [-0.05, 0) is 12.3 Å². The Labute approximate surface area is 192 Å². The molecule has 1 saturated carbocycles. The molecule has 3 rings (SSSR count). The van der Waals surface area contributed by atoms with Crippen LogP contribution in [0.15, 0.2) is 17.5 Å². The Morgan fingerprint density at radius 1 is 1.25 bits per heavy atom. The molecule has 178 valence electrons. The van der Waals surface area contributed by atoms with Gasteiger partial charge in [-0.15, -0.1) is 11.3 Å². The van der Waals surface area contributed by atoms with Crippen LogP contribution in [0.5, 0.6) is 0 Å². The first-order valence-corrected chi connectivity index (χ1v) is 12.0. The summed E-state index contributed by atoms with van der Waals surface area (Å²) in [6.45, 7) is 0.417. The van der Waals surface area contributed by atoms with Gasteiger partial charge in [0.05, 0.1) is 30.5 Å². The van der Waals surface area contributed by atoms with Gasteiger partial charge in [0.15, 0.2) is 0 Å². The van der Waals surface area contributed by atoms with Crippen LogP contribution in [0.1, 0.15) is 55.4 Å². The maximum atomic E-state index is 13.4. The number of thiazole rings is 1. The summed E-state index contributed by atoms with van der Waals surface area (Å²) in [5.74, 6) is -0.772. The van der Waals surface area contributed by atoms with Crippen LogP contribution in [-0.2, 0) is 16.1 Å². The molecule has 1 aromatic heterocycles. The van der Waals surface area contributed by atoms with Crippen LogP contribution < -0.4 is 22.1 Å². The van der Waals surface area contributed by atoms with Crippen LogP contribution in [0.2, 0.25) is 0 Å². The highest BCUT2D eigenvalue weighted by Crippen LogP contribution is 2.28. The molecule has 10 nitrogen and oxygen atoms in total. The average Bonchev–Trinajstić information content (AvgIpc) is 3.45. The van der Waals surface area contributed by atoms with Crippen LogP contribution in [0, 0.1) is 5.92 Å². The van der Waals surface area contributed by atoms with Gasteiger partial charge >= 0.3 is 5.97 Å². The first kappa shape index (κ1) is 24.7. The highest BCUT2D eigenvalue weighted by atomic mass is 32.1. The molecule has 11 heteroatoms. The lowest BCUT2D eigenvalue weighted by Gasteiger charge is -2.33. The van der Waals surface area contributed by atoms with Gasteiger partial charge in [-0.1, -0.05) is 44.3 Å². The van der Waals surface area contributed by atoms with Gasteiger partial charge in [0.2, 0.25) is 5.91 Å². The van der Waals surface area contributed by atoms with Crippen LogP contribution in [0.3, 0.4) is 0 Å². The van der Waals surface area contributed by atoms with Crippen molar-refractivity contribution in [3.05, 3.63) is 28.2 Å². The molecular weight excluding hydrogens is 432 g/mol. The summed E-state index contributed by atoms with van der Waals surface area (Å²) in [4.78, 5) is 30.4. The number of aliphatic carboxylic acids is 1. The number of aliphatic hydroxyl groups excluding tert-OH is 1. The molecule has 2 unspecified atom stereocenters. The van der Waals surface area contributed by atoms with Crippen LogP contribution in [-0.4, -0.2) is 63.4 Å². The number of nitrogens with two attached hydrogens (primary N) is 2. The lowest BCUT2D eigenvalue weighted by molar-refractivity contribution is -0.138. The van der Waals surface area contributed by atoms with Crippen molar-refractivity contribution in [3.63, 3.8) is 0 Å². The fourth-order valence-corrected chi connectivity index (χ4v) is 5.15. The topological polar surface area (TPSA) is 167 Å². The molecule has 0 radical (unpaired) electrons. The van der Waals surface area contributed by atoms with Crippen molar-refractivity contribution < 1.29 is 19.8 Å². The number of carboxylic acids is 1. The number of hydrogen-bond donors (Lipinski definition) is 6. The quantitative estimate of drug-likeness (QED) is 0.198. The number of rotatable bonds is 11. The lowest BCUT2D eigenvalue weighted by Crippen LogP contribution is -2.55. The van der Waals surface area contributed by atoms with Crippen molar-refractivity contribution in [3.8, 4) is 0 Å². The number of carboxylic acid groups (broad SMARTS) is 1. The highest BCUT2D eigenvalue weighted by Gasteiger charge is 2.35. The largest absolute Gasteiger partial charge is 0.480 e. The Morgan fingerprint density at radius 2 is 2.00 bits per heavy atom. The number of nitrogens with zero attached hydrogens (tertiary/aromatic N) is 2. The molecule has 2 aliphatic rings. The van der Waals surface area contributed by atoms with Gasteiger partial charge in [0.1, 0.15) is 11.2 Å². The standard InChI is InChI=1S/C21H34N6O4S/c22-19(23)15-12-32-17(26-15)10-25-20(30)16-7-4-8-27(16)21(31)14(24-11-18(28)29)9-13-5-2-1-3-6-13/h4,7,12-14,16,19-20,24-25,30H,1-3,5-6,8-11,22-23H2,(H,28,29)/t14-,16?,20?/m0/s1. The summed E-state index contributed by atoms with van der Waals surface area (Å²) < 4.78 is 0. The van der Waals surface area contributed by atoms with E-state index in [4.69, 9.17) is 16.6 Å². The number of amides is 1. The summed E-state index contributed by atoms with van der Waals surface area (Å²) in [6, 6.07) is -1.13. The second-order valence-corrected chi connectivity index (χ2v) is 9.44. The fourth-order valence-electron chi connectivity index (χ4n) is 4.36. The summed E-state index contributed by atoms with van der Waals surface area (Å²) in [5.41, 5.74) is 11.8. The molecule has 1 amide bonds. The van der Waals surface area contributed by atoms with E-state index < -0.39 is 30.4 Å². The molecule has 2 heterocycles. The Balaban J connectivity index is 1.60. The van der Waals surface area contributed by atoms with Crippen LogP contribution in [0.4, 0.5) is 0 Å².